The highest BCUT2D eigenvalue weighted by atomic mass is 79.9. The Morgan fingerprint density at radius 3 is 1.90 bits per heavy atom. The standard InChI is InChI=1S/C26H24BrNO/c1-15(2)22-23-18-10-3-5-12-20(18)24(21-13-6-4-11-19(21)23)25(22)26(29)28-17-9-7-8-16(27)14-17/h3-15,22-25H,1-2H3,(H,28,29)/t22-,23?,24?,25+/m1/s1. The van der Waals surface area contributed by atoms with Crippen molar-refractivity contribution in [1.29, 1.82) is 0 Å². The van der Waals surface area contributed by atoms with Crippen molar-refractivity contribution in [2.45, 2.75) is 25.7 Å². The van der Waals surface area contributed by atoms with E-state index >= 15 is 0 Å². The fourth-order valence-electron chi connectivity index (χ4n) is 5.64. The van der Waals surface area contributed by atoms with Crippen molar-refractivity contribution >= 4 is 27.5 Å². The second-order valence-electron chi connectivity index (χ2n) is 8.56. The highest BCUT2D eigenvalue weighted by molar-refractivity contribution is 9.10. The van der Waals surface area contributed by atoms with Crippen LogP contribution < -0.4 is 5.32 Å². The number of carbonyl (C=O) groups is 1. The number of anilines is 1. The number of fused-ring (bicyclic) bond motifs is 1. The number of halogens is 1. The summed E-state index contributed by atoms with van der Waals surface area (Å²) in [6.07, 6.45) is 0. The third-order valence-electron chi connectivity index (χ3n) is 6.66. The summed E-state index contributed by atoms with van der Waals surface area (Å²) in [5.41, 5.74) is 6.29. The maximum Gasteiger partial charge on any atom is 0.228 e. The zero-order valence-corrected chi connectivity index (χ0v) is 18.2. The molecular formula is C26H24BrNO. The Morgan fingerprint density at radius 1 is 0.828 bits per heavy atom. The van der Waals surface area contributed by atoms with E-state index in [1.54, 1.807) is 0 Å². The first-order valence-corrected chi connectivity index (χ1v) is 11.1. The molecule has 0 saturated carbocycles. The van der Waals surface area contributed by atoms with Gasteiger partial charge in [-0.05, 0) is 52.3 Å². The SMILES string of the molecule is CC(C)[C@@H]1C2c3ccccc3C(c3ccccc32)[C@H]1C(=O)Nc1cccc(Br)c1. The first kappa shape index (κ1) is 18.6. The predicted octanol–water partition coefficient (Wildman–Crippen LogP) is 6.57. The number of hydrogen-bond donors (Lipinski definition) is 1. The van der Waals surface area contributed by atoms with Gasteiger partial charge in [0.25, 0.3) is 0 Å². The molecule has 0 unspecified atom stereocenters. The van der Waals surface area contributed by atoms with E-state index in [9.17, 15) is 4.79 Å². The molecule has 0 aromatic heterocycles. The Morgan fingerprint density at radius 2 is 1.38 bits per heavy atom. The van der Waals surface area contributed by atoms with Crippen LogP contribution in [0.15, 0.2) is 77.3 Å². The predicted molar refractivity (Wildman–Crippen MR) is 121 cm³/mol. The molecule has 3 aromatic carbocycles. The molecule has 0 aliphatic heterocycles. The minimum atomic E-state index is -0.0798. The third-order valence-corrected chi connectivity index (χ3v) is 7.15. The molecule has 1 amide bonds. The lowest BCUT2D eigenvalue weighted by molar-refractivity contribution is -0.123. The van der Waals surface area contributed by atoms with Crippen LogP contribution in [0.1, 0.15) is 47.9 Å². The summed E-state index contributed by atoms with van der Waals surface area (Å²) < 4.78 is 0.969. The van der Waals surface area contributed by atoms with Crippen molar-refractivity contribution in [2.75, 3.05) is 5.32 Å². The van der Waals surface area contributed by atoms with Crippen molar-refractivity contribution in [3.63, 3.8) is 0 Å². The van der Waals surface area contributed by atoms with E-state index in [2.05, 4.69) is 83.6 Å². The van der Waals surface area contributed by atoms with Crippen LogP contribution in [0.2, 0.25) is 0 Å². The average molecular weight is 446 g/mol. The van der Waals surface area contributed by atoms with Gasteiger partial charge in [0.05, 0.1) is 5.92 Å². The summed E-state index contributed by atoms with van der Waals surface area (Å²) in [5, 5.41) is 3.21. The molecule has 0 heterocycles. The molecule has 2 nitrogen and oxygen atoms in total. The van der Waals surface area contributed by atoms with Gasteiger partial charge in [0.15, 0.2) is 0 Å². The second-order valence-corrected chi connectivity index (χ2v) is 9.48. The number of benzene rings is 3. The number of rotatable bonds is 3. The van der Waals surface area contributed by atoms with Crippen LogP contribution in [0.5, 0.6) is 0 Å². The van der Waals surface area contributed by atoms with Crippen LogP contribution in [0.4, 0.5) is 5.69 Å². The molecule has 3 aliphatic rings. The van der Waals surface area contributed by atoms with Gasteiger partial charge in [-0.3, -0.25) is 4.79 Å². The van der Waals surface area contributed by atoms with Crippen molar-refractivity contribution < 1.29 is 4.79 Å². The summed E-state index contributed by atoms with van der Waals surface area (Å²) in [7, 11) is 0. The summed E-state index contributed by atoms with van der Waals surface area (Å²) >= 11 is 3.51. The van der Waals surface area contributed by atoms with Gasteiger partial charge in [-0.2, -0.15) is 0 Å². The molecule has 2 bridgehead atoms. The number of carbonyl (C=O) groups excluding carboxylic acids is 1. The largest absolute Gasteiger partial charge is 0.326 e. The lowest BCUT2D eigenvalue weighted by Gasteiger charge is -2.51. The second kappa shape index (κ2) is 7.14. The minimum Gasteiger partial charge on any atom is -0.326 e. The lowest BCUT2D eigenvalue weighted by Crippen LogP contribution is -2.47. The van der Waals surface area contributed by atoms with Crippen molar-refractivity contribution in [1.82, 2.24) is 0 Å². The van der Waals surface area contributed by atoms with E-state index in [-0.39, 0.29) is 29.6 Å². The summed E-state index contributed by atoms with van der Waals surface area (Å²) in [6.45, 7) is 4.52. The first-order chi connectivity index (χ1) is 14.1. The van der Waals surface area contributed by atoms with Crippen LogP contribution in [-0.2, 0) is 4.79 Å². The van der Waals surface area contributed by atoms with Gasteiger partial charge in [-0.15, -0.1) is 0 Å². The zero-order chi connectivity index (χ0) is 20.1. The van der Waals surface area contributed by atoms with Gasteiger partial charge in [0, 0.05) is 22.0 Å². The molecule has 2 atom stereocenters. The Balaban J connectivity index is 1.64. The van der Waals surface area contributed by atoms with Crippen LogP contribution in [0.25, 0.3) is 0 Å². The van der Waals surface area contributed by atoms with Gasteiger partial charge in [0.2, 0.25) is 5.91 Å². The summed E-state index contributed by atoms with van der Waals surface area (Å²) in [4.78, 5) is 13.7. The van der Waals surface area contributed by atoms with Crippen LogP contribution in [0.3, 0.4) is 0 Å². The zero-order valence-electron chi connectivity index (χ0n) is 16.6. The molecule has 0 spiro atoms. The molecule has 29 heavy (non-hydrogen) atoms. The maximum absolute atomic E-state index is 13.7. The van der Waals surface area contributed by atoms with Crippen molar-refractivity contribution in [3.8, 4) is 0 Å². The number of amides is 1. The highest BCUT2D eigenvalue weighted by Gasteiger charge is 2.53. The van der Waals surface area contributed by atoms with Gasteiger partial charge in [-0.25, -0.2) is 0 Å². The molecule has 3 heteroatoms. The number of hydrogen-bond acceptors (Lipinski definition) is 1. The third kappa shape index (κ3) is 2.95. The molecule has 6 rings (SSSR count). The molecule has 1 N–H and O–H groups in total. The van der Waals surface area contributed by atoms with E-state index in [0.717, 1.165) is 10.2 Å². The van der Waals surface area contributed by atoms with E-state index in [4.69, 9.17) is 0 Å². The Hall–Kier alpha value is -2.39. The molecule has 3 aromatic rings. The summed E-state index contributed by atoms with van der Waals surface area (Å²) in [5.74, 6) is 1.10. The minimum absolute atomic E-state index is 0.0798. The fraction of sp³-hybridized carbons (Fsp3) is 0.269. The quantitative estimate of drug-likeness (QED) is 0.485. The summed E-state index contributed by atoms with van der Waals surface area (Å²) in [6, 6.07) is 25.3. The van der Waals surface area contributed by atoms with Gasteiger partial charge in [-0.1, -0.05) is 84.4 Å². The maximum atomic E-state index is 13.7. The Labute approximate surface area is 180 Å². The topological polar surface area (TPSA) is 29.1 Å². The molecule has 3 aliphatic carbocycles. The molecular weight excluding hydrogens is 422 g/mol. The average Bonchev–Trinajstić information content (AvgIpc) is 2.73. The Bertz CT molecular complexity index is 1040. The van der Waals surface area contributed by atoms with E-state index in [0.29, 0.717) is 5.92 Å². The molecule has 0 radical (unpaired) electrons. The normalized spacial score (nSPS) is 24.1. The fourth-order valence-corrected chi connectivity index (χ4v) is 6.04. The molecule has 0 saturated heterocycles. The van der Waals surface area contributed by atoms with Gasteiger partial charge >= 0.3 is 0 Å². The van der Waals surface area contributed by atoms with E-state index < -0.39 is 0 Å². The molecule has 0 fully saturated rings. The smallest absolute Gasteiger partial charge is 0.228 e. The Kier molecular flexibility index (Phi) is 4.59. The van der Waals surface area contributed by atoms with Crippen molar-refractivity contribution in [3.05, 3.63) is 99.5 Å². The molecule has 146 valence electrons. The van der Waals surface area contributed by atoms with E-state index in [1.165, 1.54) is 22.3 Å². The van der Waals surface area contributed by atoms with Crippen LogP contribution in [0, 0.1) is 17.8 Å². The van der Waals surface area contributed by atoms with Crippen molar-refractivity contribution in [2.24, 2.45) is 17.8 Å². The highest BCUT2D eigenvalue weighted by Crippen LogP contribution is 2.60. The van der Waals surface area contributed by atoms with Crippen LogP contribution in [-0.4, -0.2) is 5.91 Å². The van der Waals surface area contributed by atoms with Gasteiger partial charge < -0.3 is 5.32 Å². The lowest BCUT2D eigenvalue weighted by atomic mass is 9.52. The van der Waals surface area contributed by atoms with Gasteiger partial charge in [0.1, 0.15) is 0 Å². The van der Waals surface area contributed by atoms with E-state index in [1.807, 2.05) is 24.3 Å². The van der Waals surface area contributed by atoms with Crippen LogP contribution >= 0.6 is 15.9 Å². The number of nitrogens with one attached hydrogen (secondary N) is 1. The first-order valence-electron chi connectivity index (χ1n) is 10.3. The monoisotopic (exact) mass is 445 g/mol.